The summed E-state index contributed by atoms with van der Waals surface area (Å²) in [6, 6.07) is -0.368. The molecule has 74 valence electrons. The first-order valence-corrected chi connectivity index (χ1v) is 4.20. The van der Waals surface area contributed by atoms with Gasteiger partial charge in [-0.05, 0) is 13.8 Å². The zero-order chi connectivity index (χ0) is 10.1. The van der Waals surface area contributed by atoms with Crippen LogP contribution in [0.15, 0.2) is 9.98 Å². The van der Waals surface area contributed by atoms with Gasteiger partial charge in [0.05, 0.1) is 12.7 Å². The fourth-order valence-corrected chi connectivity index (χ4v) is 0.609. The molecular weight excluding hydrogens is 168 g/mol. The molecular formula is C8H16N4O. The molecule has 0 aromatic heterocycles. The van der Waals surface area contributed by atoms with E-state index in [2.05, 4.69) is 20.6 Å². The smallest absolute Gasteiger partial charge is 0.244 e. The van der Waals surface area contributed by atoms with Gasteiger partial charge >= 0.3 is 0 Å². The molecule has 1 unspecified atom stereocenters. The quantitative estimate of drug-likeness (QED) is 0.458. The monoisotopic (exact) mass is 184 g/mol. The van der Waals surface area contributed by atoms with E-state index in [0.717, 1.165) is 6.54 Å². The Morgan fingerprint density at radius 3 is 2.77 bits per heavy atom. The Bertz CT molecular complexity index is 200. The lowest BCUT2D eigenvalue weighted by Crippen LogP contribution is -2.28. The topological polar surface area (TPSA) is 65.8 Å². The van der Waals surface area contributed by atoms with Crippen LogP contribution in [0.3, 0.4) is 0 Å². The number of likely N-dealkylation sites (N-methyl/N-ethyl adjacent to an activating group) is 1. The van der Waals surface area contributed by atoms with E-state index in [4.69, 9.17) is 0 Å². The van der Waals surface area contributed by atoms with Gasteiger partial charge in [0.25, 0.3) is 0 Å². The van der Waals surface area contributed by atoms with E-state index < -0.39 is 0 Å². The zero-order valence-corrected chi connectivity index (χ0v) is 8.24. The molecule has 0 aromatic carbocycles. The van der Waals surface area contributed by atoms with E-state index >= 15 is 0 Å². The first kappa shape index (κ1) is 11.6. The highest BCUT2D eigenvalue weighted by atomic mass is 16.2. The van der Waals surface area contributed by atoms with Gasteiger partial charge < -0.3 is 10.6 Å². The Morgan fingerprint density at radius 2 is 2.23 bits per heavy atom. The van der Waals surface area contributed by atoms with E-state index in [-0.39, 0.29) is 11.9 Å². The lowest BCUT2D eigenvalue weighted by atomic mass is 10.3. The fourth-order valence-electron chi connectivity index (χ4n) is 0.609. The third-order valence-corrected chi connectivity index (χ3v) is 1.35. The van der Waals surface area contributed by atoms with Gasteiger partial charge in [0.2, 0.25) is 5.91 Å². The number of aliphatic imine (C=N–C) groups is 2. The molecule has 0 spiro atoms. The third kappa shape index (κ3) is 5.84. The molecule has 5 nitrogen and oxygen atoms in total. The number of amides is 1. The van der Waals surface area contributed by atoms with Crippen molar-refractivity contribution >= 4 is 18.6 Å². The van der Waals surface area contributed by atoms with E-state index in [0.29, 0.717) is 0 Å². The minimum atomic E-state index is -0.368. The van der Waals surface area contributed by atoms with Crippen LogP contribution in [-0.2, 0) is 4.79 Å². The van der Waals surface area contributed by atoms with Crippen LogP contribution in [0, 0.1) is 0 Å². The molecule has 0 bridgehead atoms. The number of nitrogens with zero attached hydrogens (tertiary/aromatic N) is 2. The maximum atomic E-state index is 10.9. The summed E-state index contributed by atoms with van der Waals surface area (Å²) < 4.78 is 0. The maximum Gasteiger partial charge on any atom is 0.244 e. The maximum absolute atomic E-state index is 10.9. The molecule has 0 aliphatic rings. The van der Waals surface area contributed by atoms with Gasteiger partial charge in [0.1, 0.15) is 6.04 Å². The normalized spacial score (nSPS) is 13.5. The van der Waals surface area contributed by atoms with Crippen molar-refractivity contribution in [1.29, 1.82) is 0 Å². The van der Waals surface area contributed by atoms with Gasteiger partial charge in [0, 0.05) is 13.6 Å². The molecule has 0 heterocycles. The molecule has 0 aliphatic carbocycles. The number of hydrogen-bond acceptors (Lipinski definition) is 3. The van der Waals surface area contributed by atoms with Gasteiger partial charge in [-0.2, -0.15) is 0 Å². The van der Waals surface area contributed by atoms with Gasteiger partial charge in [-0.15, -0.1) is 0 Å². The van der Waals surface area contributed by atoms with Crippen molar-refractivity contribution in [1.82, 2.24) is 10.6 Å². The Balaban J connectivity index is 3.71. The first-order chi connectivity index (χ1) is 6.22. The second-order valence-corrected chi connectivity index (χ2v) is 2.36. The average Bonchev–Trinajstić information content (AvgIpc) is 2.16. The van der Waals surface area contributed by atoms with Gasteiger partial charge in [-0.25, -0.2) is 0 Å². The Labute approximate surface area is 78.3 Å². The summed E-state index contributed by atoms with van der Waals surface area (Å²) in [5.74, 6) is -0.106. The minimum Gasteiger partial charge on any atom is -0.357 e. The van der Waals surface area contributed by atoms with Crippen molar-refractivity contribution in [3.05, 3.63) is 0 Å². The van der Waals surface area contributed by atoms with Crippen LogP contribution in [0.5, 0.6) is 0 Å². The van der Waals surface area contributed by atoms with Gasteiger partial charge in [0.15, 0.2) is 0 Å². The van der Waals surface area contributed by atoms with E-state index in [9.17, 15) is 4.79 Å². The number of rotatable bonds is 5. The molecule has 0 saturated carbocycles. The molecule has 1 atom stereocenters. The highest BCUT2D eigenvalue weighted by Crippen LogP contribution is 1.85. The van der Waals surface area contributed by atoms with Crippen molar-refractivity contribution < 1.29 is 4.79 Å². The Hall–Kier alpha value is -1.39. The van der Waals surface area contributed by atoms with Gasteiger partial charge in [-0.3, -0.25) is 14.8 Å². The summed E-state index contributed by atoms with van der Waals surface area (Å²) >= 11 is 0. The SMILES string of the molecule is CCN=CNC=NC(C)C(=O)NC. The summed E-state index contributed by atoms with van der Waals surface area (Å²) in [7, 11) is 1.58. The fraction of sp³-hybridized carbons (Fsp3) is 0.625. The lowest BCUT2D eigenvalue weighted by Gasteiger charge is -2.02. The summed E-state index contributed by atoms with van der Waals surface area (Å²) in [5, 5.41) is 5.24. The molecule has 0 aliphatic heterocycles. The van der Waals surface area contributed by atoms with Crippen molar-refractivity contribution in [2.24, 2.45) is 9.98 Å². The van der Waals surface area contributed by atoms with Crippen LogP contribution in [-0.4, -0.2) is 38.2 Å². The number of carbonyl (C=O) groups is 1. The Morgan fingerprint density at radius 1 is 1.54 bits per heavy atom. The molecule has 0 radical (unpaired) electrons. The molecule has 0 rings (SSSR count). The average molecular weight is 184 g/mol. The van der Waals surface area contributed by atoms with Crippen LogP contribution in [0.2, 0.25) is 0 Å². The van der Waals surface area contributed by atoms with Crippen LogP contribution < -0.4 is 10.6 Å². The predicted molar refractivity (Wildman–Crippen MR) is 54.2 cm³/mol. The largest absolute Gasteiger partial charge is 0.357 e. The number of hydrogen-bond donors (Lipinski definition) is 2. The van der Waals surface area contributed by atoms with Crippen molar-refractivity contribution in [3.63, 3.8) is 0 Å². The summed E-state index contributed by atoms with van der Waals surface area (Å²) in [4.78, 5) is 18.8. The molecule has 0 fully saturated rings. The van der Waals surface area contributed by atoms with Gasteiger partial charge in [-0.1, -0.05) is 0 Å². The van der Waals surface area contributed by atoms with Crippen molar-refractivity contribution in [2.45, 2.75) is 19.9 Å². The van der Waals surface area contributed by atoms with Crippen LogP contribution >= 0.6 is 0 Å². The molecule has 13 heavy (non-hydrogen) atoms. The standard InChI is InChI=1S/C8H16N4O/c1-4-10-5-11-6-12-7(2)8(13)9-3/h5-7H,4H2,1-3H3,(H,9,13)(H,10,11,12). The van der Waals surface area contributed by atoms with Crippen LogP contribution in [0.4, 0.5) is 0 Å². The number of carbonyl (C=O) groups excluding carboxylic acids is 1. The molecule has 5 heteroatoms. The molecule has 0 aromatic rings. The second-order valence-electron chi connectivity index (χ2n) is 2.36. The summed E-state index contributed by atoms with van der Waals surface area (Å²) in [6.45, 7) is 4.38. The van der Waals surface area contributed by atoms with Crippen molar-refractivity contribution in [3.8, 4) is 0 Å². The van der Waals surface area contributed by atoms with Crippen molar-refractivity contribution in [2.75, 3.05) is 13.6 Å². The highest BCUT2D eigenvalue weighted by molar-refractivity contribution is 5.83. The Kier molecular flexibility index (Phi) is 6.49. The number of nitrogens with one attached hydrogen (secondary N) is 2. The summed E-state index contributed by atoms with van der Waals surface area (Å²) in [5.41, 5.74) is 0. The van der Waals surface area contributed by atoms with E-state index in [1.165, 1.54) is 6.34 Å². The lowest BCUT2D eigenvalue weighted by molar-refractivity contribution is -0.121. The first-order valence-electron chi connectivity index (χ1n) is 4.20. The highest BCUT2D eigenvalue weighted by Gasteiger charge is 2.06. The summed E-state index contributed by atoms with van der Waals surface area (Å²) in [6.07, 6.45) is 3.00. The van der Waals surface area contributed by atoms with Crippen LogP contribution in [0.25, 0.3) is 0 Å². The molecule has 2 N–H and O–H groups in total. The predicted octanol–water partition coefficient (Wildman–Crippen LogP) is -0.213. The van der Waals surface area contributed by atoms with E-state index in [1.54, 1.807) is 20.3 Å². The zero-order valence-electron chi connectivity index (χ0n) is 8.24. The third-order valence-electron chi connectivity index (χ3n) is 1.35. The second kappa shape index (κ2) is 7.27. The molecule has 0 saturated heterocycles. The van der Waals surface area contributed by atoms with E-state index in [1.807, 2.05) is 6.92 Å². The minimum absolute atomic E-state index is 0.106. The molecule has 1 amide bonds. The van der Waals surface area contributed by atoms with Crippen LogP contribution in [0.1, 0.15) is 13.8 Å².